The van der Waals surface area contributed by atoms with Gasteiger partial charge in [0.25, 0.3) is 5.91 Å². The molecule has 0 saturated carbocycles. The molecule has 1 aromatic carbocycles. The first-order valence-corrected chi connectivity index (χ1v) is 12.4. The van der Waals surface area contributed by atoms with Crippen LogP contribution in [0.3, 0.4) is 0 Å². The first-order valence-electron chi connectivity index (χ1n) is 12.4. The van der Waals surface area contributed by atoms with Crippen LogP contribution in [0.4, 0.5) is 5.69 Å². The average Bonchev–Trinajstić information content (AvgIpc) is 3.39. The second kappa shape index (κ2) is 9.18. The molecule has 1 N–H and O–H groups in total. The van der Waals surface area contributed by atoms with Crippen LogP contribution in [0.15, 0.2) is 24.3 Å². The van der Waals surface area contributed by atoms with E-state index in [4.69, 9.17) is 4.74 Å². The summed E-state index contributed by atoms with van der Waals surface area (Å²) in [7, 11) is 0. The number of benzene rings is 1. The largest absolute Gasteiger partial charge is 0.368 e. The summed E-state index contributed by atoms with van der Waals surface area (Å²) in [4.78, 5) is 40.6. The first kappa shape index (κ1) is 23.9. The van der Waals surface area contributed by atoms with Crippen molar-refractivity contribution in [3.63, 3.8) is 0 Å². The minimum absolute atomic E-state index is 0.0499. The van der Waals surface area contributed by atoms with Gasteiger partial charge >= 0.3 is 0 Å². The molecule has 3 aliphatic rings. The second-order valence-electron chi connectivity index (χ2n) is 10.9. The van der Waals surface area contributed by atoms with Gasteiger partial charge in [0.2, 0.25) is 5.91 Å². The second-order valence-corrected chi connectivity index (χ2v) is 10.9. The smallest absolute Gasteiger partial charge is 0.251 e. The van der Waals surface area contributed by atoms with Crippen LogP contribution in [-0.4, -0.2) is 73.5 Å². The van der Waals surface area contributed by atoms with Crippen molar-refractivity contribution in [2.75, 3.05) is 32.8 Å². The molecule has 3 atom stereocenters. The number of nitrogens with one attached hydrogen (secondary N) is 1. The fourth-order valence-corrected chi connectivity index (χ4v) is 5.67. The molecule has 0 aliphatic carbocycles. The van der Waals surface area contributed by atoms with Crippen LogP contribution in [-0.2, 0) is 14.3 Å². The van der Waals surface area contributed by atoms with Crippen LogP contribution < -0.4 is 9.80 Å². The van der Waals surface area contributed by atoms with Crippen molar-refractivity contribution in [1.82, 2.24) is 14.7 Å². The molecular weight excluding hydrogens is 418 g/mol. The zero-order chi connectivity index (χ0) is 23.8. The highest BCUT2D eigenvalue weighted by Crippen LogP contribution is 2.31. The predicted molar refractivity (Wildman–Crippen MR) is 128 cm³/mol. The summed E-state index contributed by atoms with van der Waals surface area (Å²) in [6, 6.07) is 6.64. The van der Waals surface area contributed by atoms with Crippen LogP contribution in [0, 0.1) is 5.41 Å². The molecule has 4 rings (SSSR count). The maximum atomic E-state index is 13.5. The molecule has 2 amide bonds. The van der Waals surface area contributed by atoms with Gasteiger partial charge in [0.05, 0.1) is 25.7 Å². The lowest BCUT2D eigenvalue weighted by atomic mass is 9.85. The molecule has 0 spiro atoms. The zero-order valence-corrected chi connectivity index (χ0v) is 20.4. The van der Waals surface area contributed by atoms with E-state index in [9.17, 15) is 14.4 Å². The predicted octanol–water partition coefficient (Wildman–Crippen LogP) is 2.91. The molecule has 33 heavy (non-hydrogen) atoms. The topological polar surface area (TPSA) is 75.7 Å². The highest BCUT2D eigenvalue weighted by atomic mass is 16.5. The number of likely N-dealkylation sites (tertiary alicyclic amines) is 2. The highest BCUT2D eigenvalue weighted by molar-refractivity contribution is 5.99. The Balaban J connectivity index is 1.50. The van der Waals surface area contributed by atoms with Gasteiger partial charge in [0, 0.05) is 12.1 Å². The molecule has 7 heteroatoms. The fourth-order valence-electron chi connectivity index (χ4n) is 5.67. The number of hydrogen-bond acceptors (Lipinski definition) is 4. The van der Waals surface area contributed by atoms with Crippen LogP contribution in [0.1, 0.15) is 63.7 Å². The van der Waals surface area contributed by atoms with E-state index in [-0.39, 0.29) is 30.3 Å². The molecule has 3 saturated heterocycles. The molecular formula is C26H38N3O4+. The van der Waals surface area contributed by atoms with Crippen molar-refractivity contribution < 1.29 is 19.1 Å². The van der Waals surface area contributed by atoms with Gasteiger partial charge in [0.1, 0.15) is 24.4 Å². The molecule has 3 aliphatic heterocycles. The number of piperidine rings is 1. The van der Waals surface area contributed by atoms with Gasteiger partial charge in [-0.05, 0) is 62.3 Å². The zero-order valence-electron chi connectivity index (χ0n) is 20.4. The summed E-state index contributed by atoms with van der Waals surface area (Å²) in [6.07, 6.45) is 4.20. The number of carbonyl (C=O) groups excluding carboxylic acids is 3. The number of quaternary nitrogens is 1. The van der Waals surface area contributed by atoms with Gasteiger partial charge in [-0.2, -0.15) is 0 Å². The summed E-state index contributed by atoms with van der Waals surface area (Å²) in [5.41, 5.74) is 1.30. The van der Waals surface area contributed by atoms with E-state index in [1.807, 2.05) is 32.9 Å². The Kier molecular flexibility index (Phi) is 6.65. The van der Waals surface area contributed by atoms with Gasteiger partial charge in [-0.1, -0.05) is 20.8 Å². The molecule has 1 aromatic rings. The van der Waals surface area contributed by atoms with E-state index in [0.29, 0.717) is 18.5 Å². The minimum Gasteiger partial charge on any atom is -0.368 e. The molecule has 3 heterocycles. The Labute approximate surface area is 197 Å². The lowest BCUT2D eigenvalue weighted by Gasteiger charge is -2.40. The molecule has 0 aromatic heterocycles. The molecule has 180 valence electrons. The van der Waals surface area contributed by atoms with Gasteiger partial charge < -0.3 is 15.0 Å². The average molecular weight is 457 g/mol. The summed E-state index contributed by atoms with van der Waals surface area (Å²) in [5, 5.41) is 2.98. The van der Waals surface area contributed by atoms with Crippen LogP contribution in [0.5, 0.6) is 0 Å². The summed E-state index contributed by atoms with van der Waals surface area (Å²) in [5.74, 6) is -0.519. The minimum atomic E-state index is -0.729. The monoisotopic (exact) mass is 456 g/mol. The molecule has 3 fully saturated rings. The van der Waals surface area contributed by atoms with E-state index in [1.165, 1.54) is 24.9 Å². The Morgan fingerprint density at radius 2 is 1.82 bits per heavy atom. The fraction of sp³-hybridized carbons (Fsp3) is 0.654. The van der Waals surface area contributed by atoms with Gasteiger partial charge in [-0.25, -0.2) is 0 Å². The van der Waals surface area contributed by atoms with E-state index >= 15 is 0 Å². The number of Topliss-reactive ketones (excluding diaryl/α,β-unsaturated/α-hetero) is 1. The standard InChI is InChI=1S/C26H37N3O4/c1-5-29(15-7-6-8-16-29)19-11-9-18(10-12-19)24(31)27-23(26(2,3)4)25(32)28-14-13-21-22(28)20(30)17-33-21/h9-12,21-23H,5-8,13-17H2,1-4H3/p+1/t21-,22-,23-/m1/s1. The number of ether oxygens (including phenoxy) is 1. The third-order valence-electron chi connectivity index (χ3n) is 7.74. The molecule has 0 bridgehead atoms. The van der Waals surface area contributed by atoms with Crippen molar-refractivity contribution in [3.8, 4) is 0 Å². The number of amides is 2. The van der Waals surface area contributed by atoms with E-state index in [1.54, 1.807) is 4.90 Å². The van der Waals surface area contributed by atoms with Crippen LogP contribution >= 0.6 is 0 Å². The normalized spacial score (nSPS) is 25.6. The van der Waals surface area contributed by atoms with Gasteiger partial charge in [0.15, 0.2) is 5.78 Å². The molecule has 0 radical (unpaired) electrons. The summed E-state index contributed by atoms with van der Waals surface area (Å²) < 4.78 is 6.50. The van der Waals surface area contributed by atoms with Crippen molar-refractivity contribution >= 4 is 23.3 Å². The number of hydrogen-bond donors (Lipinski definition) is 1. The highest BCUT2D eigenvalue weighted by Gasteiger charge is 2.49. The molecule has 7 nitrogen and oxygen atoms in total. The van der Waals surface area contributed by atoms with E-state index in [2.05, 4.69) is 24.4 Å². The summed E-state index contributed by atoms with van der Waals surface area (Å²) >= 11 is 0. The molecule has 0 unspecified atom stereocenters. The Hall–Kier alpha value is -2.25. The quantitative estimate of drug-likeness (QED) is 0.692. The Morgan fingerprint density at radius 1 is 1.15 bits per heavy atom. The van der Waals surface area contributed by atoms with Crippen LogP contribution in [0.2, 0.25) is 0 Å². The number of rotatable bonds is 5. The number of ketones is 1. The lowest BCUT2D eigenvalue weighted by molar-refractivity contribution is -0.140. The first-order chi connectivity index (χ1) is 15.7. The Bertz CT molecular complexity index is 899. The number of fused-ring (bicyclic) bond motifs is 1. The van der Waals surface area contributed by atoms with Crippen molar-refractivity contribution in [2.45, 2.75) is 71.6 Å². The summed E-state index contributed by atoms with van der Waals surface area (Å²) in [6.45, 7) is 11.9. The van der Waals surface area contributed by atoms with E-state index in [0.717, 1.165) is 24.1 Å². The SMILES string of the molecule is CC[N+]1(c2ccc(C(=O)N[C@H](C(=O)N3CC[C@H]4OCC(=O)[C@H]43)C(C)(C)C)cc2)CCCCC1. The number of nitrogens with zero attached hydrogens (tertiary/aromatic N) is 2. The van der Waals surface area contributed by atoms with Crippen molar-refractivity contribution in [3.05, 3.63) is 29.8 Å². The van der Waals surface area contributed by atoms with Crippen LogP contribution in [0.25, 0.3) is 0 Å². The van der Waals surface area contributed by atoms with E-state index < -0.39 is 17.5 Å². The number of carbonyl (C=O) groups is 3. The van der Waals surface area contributed by atoms with Crippen molar-refractivity contribution in [1.29, 1.82) is 0 Å². The lowest BCUT2D eigenvalue weighted by Crippen LogP contribution is -2.57. The van der Waals surface area contributed by atoms with Gasteiger partial charge in [-0.3, -0.25) is 18.9 Å². The maximum Gasteiger partial charge on any atom is 0.251 e. The van der Waals surface area contributed by atoms with Gasteiger partial charge in [-0.15, -0.1) is 0 Å². The third kappa shape index (κ3) is 4.58. The third-order valence-corrected chi connectivity index (χ3v) is 7.74. The van der Waals surface area contributed by atoms with Crippen molar-refractivity contribution in [2.24, 2.45) is 5.41 Å². The maximum absolute atomic E-state index is 13.5. The Morgan fingerprint density at radius 3 is 2.42 bits per heavy atom.